The average Bonchev–Trinajstić information content (AvgIpc) is 2.69. The molecule has 0 unspecified atom stereocenters. The summed E-state index contributed by atoms with van der Waals surface area (Å²) in [5, 5.41) is 12.7. The summed E-state index contributed by atoms with van der Waals surface area (Å²) in [6.07, 6.45) is 4.24. The van der Waals surface area contributed by atoms with Crippen LogP contribution in [0.1, 0.15) is 49.9 Å². The van der Waals surface area contributed by atoms with Gasteiger partial charge >= 0.3 is 5.97 Å². The Kier molecular flexibility index (Phi) is 7.99. The highest BCUT2D eigenvalue weighted by atomic mass is 16.5. The average molecular weight is 370 g/mol. The van der Waals surface area contributed by atoms with Gasteiger partial charge in [0.2, 0.25) is 0 Å². The van der Waals surface area contributed by atoms with Crippen molar-refractivity contribution < 1.29 is 14.6 Å². The fourth-order valence-corrected chi connectivity index (χ4v) is 2.92. The van der Waals surface area contributed by atoms with Gasteiger partial charge < -0.3 is 20.1 Å². The van der Waals surface area contributed by atoms with Gasteiger partial charge in [0, 0.05) is 20.1 Å². The lowest BCUT2D eigenvalue weighted by atomic mass is 10.1. The van der Waals surface area contributed by atoms with Gasteiger partial charge in [0.15, 0.2) is 5.75 Å². The summed E-state index contributed by atoms with van der Waals surface area (Å²) in [5.41, 5.74) is 1.75. The van der Waals surface area contributed by atoms with Crippen LogP contribution in [-0.4, -0.2) is 31.2 Å². The lowest BCUT2D eigenvalue weighted by Crippen LogP contribution is -2.26. The van der Waals surface area contributed by atoms with E-state index in [1.807, 2.05) is 30.3 Å². The van der Waals surface area contributed by atoms with Crippen molar-refractivity contribution in [2.75, 3.05) is 30.4 Å². The topological polar surface area (TPSA) is 61.8 Å². The van der Waals surface area contributed by atoms with Crippen LogP contribution in [-0.2, 0) is 0 Å². The molecule has 5 nitrogen and oxygen atoms in total. The predicted octanol–water partition coefficient (Wildman–Crippen LogP) is 5.63. The molecule has 0 aliphatic heterocycles. The van der Waals surface area contributed by atoms with Gasteiger partial charge in [0.05, 0.1) is 16.9 Å². The van der Waals surface area contributed by atoms with Crippen molar-refractivity contribution in [2.24, 2.45) is 0 Å². The number of unbranched alkanes of at least 4 members (excludes halogenated alkanes) is 2. The number of anilines is 2. The molecule has 27 heavy (non-hydrogen) atoms. The van der Waals surface area contributed by atoms with Gasteiger partial charge in [-0.15, -0.1) is 0 Å². The maximum absolute atomic E-state index is 11.7. The van der Waals surface area contributed by atoms with Crippen LogP contribution in [0.25, 0.3) is 0 Å². The van der Waals surface area contributed by atoms with E-state index in [0.29, 0.717) is 11.4 Å². The molecule has 0 aliphatic carbocycles. The van der Waals surface area contributed by atoms with E-state index >= 15 is 0 Å². The third kappa shape index (κ3) is 5.64. The molecule has 146 valence electrons. The Morgan fingerprint density at radius 1 is 1.07 bits per heavy atom. The van der Waals surface area contributed by atoms with Crippen LogP contribution in [0.5, 0.6) is 11.5 Å². The summed E-state index contributed by atoms with van der Waals surface area (Å²) >= 11 is 0. The number of para-hydroxylation sites is 1. The normalized spacial score (nSPS) is 10.5. The highest BCUT2D eigenvalue weighted by Gasteiger charge is 2.20. The number of hydrogen-bond donors (Lipinski definition) is 2. The van der Waals surface area contributed by atoms with Crippen molar-refractivity contribution in [3.8, 4) is 11.5 Å². The van der Waals surface area contributed by atoms with Crippen LogP contribution >= 0.6 is 0 Å². The highest BCUT2D eigenvalue weighted by molar-refractivity contribution is 5.92. The summed E-state index contributed by atoms with van der Waals surface area (Å²) in [4.78, 5) is 13.9. The van der Waals surface area contributed by atoms with E-state index in [1.165, 1.54) is 0 Å². The number of carboxylic acid groups (broad SMARTS) is 1. The second-order valence-corrected chi connectivity index (χ2v) is 6.54. The Balaban J connectivity index is 2.54. The largest absolute Gasteiger partial charge is 0.478 e. The molecule has 0 bridgehead atoms. The van der Waals surface area contributed by atoms with E-state index in [4.69, 9.17) is 4.74 Å². The second-order valence-electron chi connectivity index (χ2n) is 6.54. The van der Waals surface area contributed by atoms with Crippen molar-refractivity contribution >= 4 is 17.3 Å². The van der Waals surface area contributed by atoms with E-state index in [0.717, 1.165) is 50.2 Å². The van der Waals surface area contributed by atoms with Gasteiger partial charge in [-0.25, -0.2) is 4.79 Å². The van der Waals surface area contributed by atoms with Gasteiger partial charge in [-0.2, -0.15) is 0 Å². The van der Waals surface area contributed by atoms with Crippen LogP contribution < -0.4 is 15.0 Å². The van der Waals surface area contributed by atoms with E-state index in [-0.39, 0.29) is 5.56 Å². The van der Waals surface area contributed by atoms with Crippen LogP contribution in [0.15, 0.2) is 42.5 Å². The SMILES string of the molecule is CCCCN(CCCC)c1cc(C(=O)O)cc(NC)c1Oc1ccccc1. The Morgan fingerprint density at radius 2 is 1.70 bits per heavy atom. The van der Waals surface area contributed by atoms with Gasteiger partial charge in [-0.1, -0.05) is 44.9 Å². The summed E-state index contributed by atoms with van der Waals surface area (Å²) in [5.74, 6) is 0.454. The first kappa shape index (κ1) is 20.6. The zero-order valence-corrected chi connectivity index (χ0v) is 16.5. The van der Waals surface area contributed by atoms with Crippen LogP contribution in [0.3, 0.4) is 0 Å². The quantitative estimate of drug-likeness (QED) is 0.537. The molecule has 0 saturated heterocycles. The fraction of sp³-hybridized carbons (Fsp3) is 0.409. The summed E-state index contributed by atoms with van der Waals surface area (Å²) in [6.45, 7) is 6.06. The molecule has 0 radical (unpaired) electrons. The number of carboxylic acids is 1. The Morgan fingerprint density at radius 3 is 2.22 bits per heavy atom. The molecule has 2 aromatic carbocycles. The van der Waals surface area contributed by atoms with Crippen molar-refractivity contribution in [1.29, 1.82) is 0 Å². The number of hydrogen-bond acceptors (Lipinski definition) is 4. The first-order chi connectivity index (χ1) is 13.1. The third-order valence-corrected chi connectivity index (χ3v) is 4.45. The van der Waals surface area contributed by atoms with Crippen molar-refractivity contribution in [3.63, 3.8) is 0 Å². The second kappa shape index (κ2) is 10.5. The number of ether oxygens (including phenoxy) is 1. The summed E-state index contributed by atoms with van der Waals surface area (Å²) < 4.78 is 6.21. The maximum Gasteiger partial charge on any atom is 0.335 e. The number of aromatic carboxylic acids is 1. The molecule has 5 heteroatoms. The van der Waals surface area contributed by atoms with Crippen molar-refractivity contribution in [2.45, 2.75) is 39.5 Å². The molecule has 0 saturated carbocycles. The molecule has 2 rings (SSSR count). The number of rotatable bonds is 11. The molecule has 0 atom stereocenters. The minimum absolute atomic E-state index is 0.257. The van der Waals surface area contributed by atoms with E-state index in [1.54, 1.807) is 19.2 Å². The third-order valence-electron chi connectivity index (χ3n) is 4.45. The van der Waals surface area contributed by atoms with E-state index < -0.39 is 5.97 Å². The van der Waals surface area contributed by atoms with Crippen LogP contribution in [0.2, 0.25) is 0 Å². The predicted molar refractivity (Wildman–Crippen MR) is 111 cm³/mol. The number of benzene rings is 2. The summed E-state index contributed by atoms with van der Waals surface area (Å²) in [6, 6.07) is 12.9. The molecule has 0 amide bonds. The zero-order valence-electron chi connectivity index (χ0n) is 16.5. The minimum Gasteiger partial charge on any atom is -0.478 e. The maximum atomic E-state index is 11.7. The Labute approximate surface area is 162 Å². The molecule has 0 heterocycles. The zero-order chi connectivity index (χ0) is 19.6. The molecule has 2 aromatic rings. The van der Waals surface area contributed by atoms with Crippen LogP contribution in [0, 0.1) is 0 Å². The molecule has 2 N–H and O–H groups in total. The summed E-state index contributed by atoms with van der Waals surface area (Å²) in [7, 11) is 1.78. The van der Waals surface area contributed by atoms with Crippen molar-refractivity contribution in [1.82, 2.24) is 0 Å². The molecular formula is C22H30N2O3. The molecule has 0 fully saturated rings. The minimum atomic E-state index is -0.940. The first-order valence-electron chi connectivity index (χ1n) is 9.67. The first-order valence-corrected chi connectivity index (χ1v) is 9.67. The lowest BCUT2D eigenvalue weighted by Gasteiger charge is -2.28. The van der Waals surface area contributed by atoms with Crippen molar-refractivity contribution in [3.05, 3.63) is 48.0 Å². The highest BCUT2D eigenvalue weighted by Crippen LogP contribution is 2.40. The molecule has 0 aromatic heterocycles. The number of carbonyl (C=O) groups is 1. The standard InChI is InChI=1S/C22H30N2O3/c1-4-6-13-24(14-7-5-2)20-16-17(22(25)26)15-19(23-3)21(20)27-18-11-9-8-10-12-18/h8-12,15-16,23H,4-7,13-14H2,1-3H3,(H,25,26). The monoisotopic (exact) mass is 370 g/mol. The number of nitrogens with one attached hydrogen (secondary N) is 1. The smallest absolute Gasteiger partial charge is 0.335 e. The lowest BCUT2D eigenvalue weighted by molar-refractivity contribution is 0.0697. The van der Waals surface area contributed by atoms with Gasteiger partial charge in [0.25, 0.3) is 0 Å². The van der Waals surface area contributed by atoms with E-state index in [2.05, 4.69) is 24.1 Å². The molecule has 0 spiro atoms. The van der Waals surface area contributed by atoms with Gasteiger partial charge in [-0.05, 0) is 37.1 Å². The van der Waals surface area contributed by atoms with Gasteiger partial charge in [-0.3, -0.25) is 0 Å². The van der Waals surface area contributed by atoms with Crippen LogP contribution in [0.4, 0.5) is 11.4 Å². The number of nitrogens with zero attached hydrogens (tertiary/aromatic N) is 1. The van der Waals surface area contributed by atoms with Gasteiger partial charge in [0.1, 0.15) is 5.75 Å². The van der Waals surface area contributed by atoms with E-state index in [9.17, 15) is 9.90 Å². The molecular weight excluding hydrogens is 340 g/mol. The fourth-order valence-electron chi connectivity index (χ4n) is 2.92. The molecule has 0 aliphatic rings. The Hall–Kier alpha value is -2.69. The Bertz CT molecular complexity index is 724.